The topological polar surface area (TPSA) is 59.1 Å². The summed E-state index contributed by atoms with van der Waals surface area (Å²) in [4.78, 5) is 6.36. The van der Waals surface area contributed by atoms with E-state index in [4.69, 9.17) is 0 Å². The van der Waals surface area contributed by atoms with Gasteiger partial charge < -0.3 is 0 Å². The molecule has 104 valence electrons. The molecule has 19 heavy (non-hydrogen) atoms. The lowest BCUT2D eigenvalue weighted by Gasteiger charge is -2.11. The van der Waals surface area contributed by atoms with Crippen LogP contribution in [0.15, 0.2) is 20.9 Å². The van der Waals surface area contributed by atoms with Gasteiger partial charge in [-0.1, -0.05) is 0 Å². The quantitative estimate of drug-likeness (QED) is 0.880. The zero-order valence-electron chi connectivity index (χ0n) is 10.6. The van der Waals surface area contributed by atoms with Crippen LogP contribution in [0.2, 0.25) is 0 Å². The summed E-state index contributed by atoms with van der Waals surface area (Å²) in [6.45, 7) is 5.54. The Morgan fingerprint density at radius 2 is 2.05 bits per heavy atom. The second-order valence-corrected chi connectivity index (χ2v) is 9.71. The molecule has 2 heterocycles. The van der Waals surface area contributed by atoms with Crippen LogP contribution in [0.3, 0.4) is 0 Å². The lowest BCUT2D eigenvalue weighted by atomic mass is 10.4. The van der Waals surface area contributed by atoms with Crippen LogP contribution in [0, 0.1) is 13.8 Å². The number of aromatic nitrogens is 1. The molecule has 0 bridgehead atoms. The van der Waals surface area contributed by atoms with E-state index >= 15 is 0 Å². The summed E-state index contributed by atoms with van der Waals surface area (Å²) >= 11 is 6.21. The molecule has 0 aliphatic carbocycles. The minimum Gasteiger partial charge on any atom is -0.248 e. The Hall–Kier alpha value is -0.280. The van der Waals surface area contributed by atoms with Crippen LogP contribution in [0.5, 0.6) is 0 Å². The fourth-order valence-corrected chi connectivity index (χ4v) is 6.09. The van der Waals surface area contributed by atoms with Crippen LogP contribution in [-0.4, -0.2) is 13.4 Å². The lowest BCUT2D eigenvalue weighted by Crippen LogP contribution is -2.26. The Bertz CT molecular complexity index is 691. The van der Waals surface area contributed by atoms with E-state index in [0.717, 1.165) is 18.5 Å². The molecule has 0 radical (unpaired) electrons. The molecule has 2 aromatic heterocycles. The van der Waals surface area contributed by atoms with Gasteiger partial charge in [0.1, 0.15) is 5.01 Å². The number of hydrogen-bond acceptors (Lipinski definition) is 5. The van der Waals surface area contributed by atoms with E-state index in [1.54, 1.807) is 26.1 Å². The first-order valence-corrected chi connectivity index (χ1v) is 9.41. The number of nitrogens with zero attached hydrogens (tertiary/aromatic N) is 1. The number of thiazole rings is 1. The van der Waals surface area contributed by atoms with Gasteiger partial charge in [-0.25, -0.2) is 18.1 Å². The van der Waals surface area contributed by atoms with Crippen molar-refractivity contribution in [2.45, 2.75) is 31.7 Å². The Balaban J connectivity index is 2.24. The highest BCUT2D eigenvalue weighted by molar-refractivity contribution is 9.11. The van der Waals surface area contributed by atoms with E-state index in [-0.39, 0.29) is 6.04 Å². The molecule has 0 aliphatic heterocycles. The van der Waals surface area contributed by atoms with Crippen molar-refractivity contribution in [1.29, 1.82) is 0 Å². The minimum absolute atomic E-state index is 0.324. The van der Waals surface area contributed by atoms with Gasteiger partial charge in [-0.2, -0.15) is 0 Å². The summed E-state index contributed by atoms with van der Waals surface area (Å²) < 4.78 is 28.1. The number of halogens is 1. The first-order valence-electron chi connectivity index (χ1n) is 5.50. The second kappa shape index (κ2) is 5.61. The zero-order valence-corrected chi connectivity index (χ0v) is 14.6. The number of aryl methyl sites for hydroxylation is 2. The summed E-state index contributed by atoms with van der Waals surface area (Å²) in [6, 6.07) is 1.30. The molecule has 4 nitrogen and oxygen atoms in total. The molecule has 0 aromatic carbocycles. The first kappa shape index (κ1) is 15.1. The predicted octanol–water partition coefficient (Wildman–Crippen LogP) is 3.62. The molecule has 0 amide bonds. The van der Waals surface area contributed by atoms with Gasteiger partial charge in [0.15, 0.2) is 0 Å². The fourth-order valence-electron chi connectivity index (χ4n) is 1.62. The van der Waals surface area contributed by atoms with Gasteiger partial charge in [-0.05, 0) is 42.8 Å². The largest absolute Gasteiger partial charge is 0.248 e. The monoisotopic (exact) mass is 380 g/mol. The molecular formula is C11H13BrN2O2S3. The molecule has 2 rings (SSSR count). The Morgan fingerprint density at radius 1 is 1.37 bits per heavy atom. The molecule has 0 aliphatic rings. The van der Waals surface area contributed by atoms with Crippen molar-refractivity contribution < 1.29 is 8.42 Å². The smallest absolute Gasteiger partial charge is 0.242 e. The highest BCUT2D eigenvalue weighted by atomic mass is 79.9. The molecular weight excluding hydrogens is 368 g/mol. The van der Waals surface area contributed by atoms with Crippen molar-refractivity contribution in [2.75, 3.05) is 0 Å². The molecule has 2 aromatic rings. The normalized spacial score (nSPS) is 13.7. The maximum absolute atomic E-state index is 12.3. The first-order chi connectivity index (χ1) is 8.79. The third kappa shape index (κ3) is 3.43. The van der Waals surface area contributed by atoms with Crippen molar-refractivity contribution in [1.82, 2.24) is 9.71 Å². The van der Waals surface area contributed by atoms with Gasteiger partial charge in [0, 0.05) is 16.0 Å². The lowest BCUT2D eigenvalue weighted by molar-refractivity contribution is 0.566. The summed E-state index contributed by atoms with van der Waals surface area (Å²) in [5, 5.41) is 0.771. The van der Waals surface area contributed by atoms with E-state index in [1.165, 1.54) is 22.7 Å². The van der Waals surface area contributed by atoms with Crippen LogP contribution in [0.4, 0.5) is 0 Å². The third-order valence-corrected chi connectivity index (χ3v) is 6.92. The number of sulfonamides is 1. The average molecular weight is 381 g/mol. The standard InChI is InChI=1S/C11H13BrN2O2S3/c1-6-5-13-11(17-6)7(2)14-19(15,16)9-4-10(12)18-8(9)3/h4-5,7,14H,1-3H3. The van der Waals surface area contributed by atoms with Crippen molar-refractivity contribution in [3.63, 3.8) is 0 Å². The van der Waals surface area contributed by atoms with Crippen LogP contribution in [-0.2, 0) is 10.0 Å². The van der Waals surface area contributed by atoms with Crippen LogP contribution in [0.1, 0.15) is 27.7 Å². The minimum atomic E-state index is -3.51. The predicted molar refractivity (Wildman–Crippen MR) is 82.3 cm³/mol. The zero-order chi connectivity index (χ0) is 14.2. The maximum atomic E-state index is 12.3. The molecule has 0 saturated carbocycles. The summed E-state index contributed by atoms with van der Waals surface area (Å²) in [7, 11) is -3.51. The average Bonchev–Trinajstić information content (AvgIpc) is 2.84. The molecule has 1 atom stereocenters. The van der Waals surface area contributed by atoms with Crippen molar-refractivity contribution in [2.24, 2.45) is 0 Å². The number of rotatable bonds is 4. The van der Waals surface area contributed by atoms with E-state index in [2.05, 4.69) is 25.6 Å². The fraction of sp³-hybridized carbons (Fsp3) is 0.364. The Morgan fingerprint density at radius 3 is 2.53 bits per heavy atom. The highest BCUT2D eigenvalue weighted by Gasteiger charge is 2.23. The summed E-state index contributed by atoms with van der Waals surface area (Å²) in [6.07, 6.45) is 1.75. The van der Waals surface area contributed by atoms with Gasteiger partial charge in [-0.3, -0.25) is 0 Å². The van der Waals surface area contributed by atoms with Gasteiger partial charge in [0.2, 0.25) is 10.0 Å². The molecule has 0 spiro atoms. The van der Waals surface area contributed by atoms with Gasteiger partial charge in [0.25, 0.3) is 0 Å². The van der Waals surface area contributed by atoms with E-state index in [1.807, 2.05) is 6.92 Å². The summed E-state index contributed by atoms with van der Waals surface area (Å²) in [5.74, 6) is 0. The second-order valence-electron chi connectivity index (χ2n) is 4.12. The molecule has 0 saturated heterocycles. The van der Waals surface area contributed by atoms with Crippen LogP contribution in [0.25, 0.3) is 0 Å². The van der Waals surface area contributed by atoms with E-state index in [0.29, 0.717) is 4.90 Å². The Kier molecular flexibility index (Phi) is 4.46. The number of thiophene rings is 1. The van der Waals surface area contributed by atoms with Gasteiger partial charge in [-0.15, -0.1) is 22.7 Å². The number of hydrogen-bond donors (Lipinski definition) is 1. The summed E-state index contributed by atoms with van der Waals surface area (Å²) in [5.41, 5.74) is 0. The number of nitrogens with one attached hydrogen (secondary N) is 1. The maximum Gasteiger partial charge on any atom is 0.242 e. The van der Waals surface area contributed by atoms with E-state index < -0.39 is 10.0 Å². The molecule has 8 heteroatoms. The van der Waals surface area contributed by atoms with Gasteiger partial charge in [0.05, 0.1) is 14.7 Å². The van der Waals surface area contributed by atoms with Crippen molar-refractivity contribution >= 4 is 48.6 Å². The Labute approximate surface area is 129 Å². The third-order valence-electron chi connectivity index (χ3n) is 2.47. The van der Waals surface area contributed by atoms with Crippen LogP contribution >= 0.6 is 38.6 Å². The SMILES string of the molecule is Cc1cnc(C(C)NS(=O)(=O)c2cc(Br)sc2C)s1. The molecule has 1 unspecified atom stereocenters. The van der Waals surface area contributed by atoms with Crippen LogP contribution < -0.4 is 4.72 Å². The molecule has 1 N–H and O–H groups in total. The van der Waals surface area contributed by atoms with Gasteiger partial charge >= 0.3 is 0 Å². The van der Waals surface area contributed by atoms with Crippen molar-refractivity contribution in [3.05, 3.63) is 30.8 Å². The highest BCUT2D eigenvalue weighted by Crippen LogP contribution is 2.30. The molecule has 0 fully saturated rings. The van der Waals surface area contributed by atoms with Crippen molar-refractivity contribution in [3.8, 4) is 0 Å². The van der Waals surface area contributed by atoms with E-state index in [9.17, 15) is 8.42 Å².